The third-order valence-electron chi connectivity index (χ3n) is 5.07. The second kappa shape index (κ2) is 9.36. The van der Waals surface area contributed by atoms with Crippen LogP contribution in [-0.4, -0.2) is 48.4 Å². The number of nitrogens with one attached hydrogen (secondary N) is 1. The molecular formula is C22H28ClN3O. The van der Waals surface area contributed by atoms with E-state index in [0.717, 1.165) is 56.1 Å². The first-order chi connectivity index (χ1) is 13.0. The fourth-order valence-electron chi connectivity index (χ4n) is 3.55. The molecule has 0 unspecified atom stereocenters. The summed E-state index contributed by atoms with van der Waals surface area (Å²) in [5.41, 5.74) is 4.20. The molecule has 1 aliphatic heterocycles. The van der Waals surface area contributed by atoms with Crippen LogP contribution in [0.4, 0.5) is 5.69 Å². The zero-order valence-electron chi connectivity index (χ0n) is 16.2. The molecule has 144 valence electrons. The third-order valence-corrected chi connectivity index (χ3v) is 5.36. The number of carbonyl (C=O) groups excluding carboxylic acids is 1. The van der Waals surface area contributed by atoms with Crippen LogP contribution < -0.4 is 5.32 Å². The van der Waals surface area contributed by atoms with Gasteiger partial charge in [0.1, 0.15) is 0 Å². The maximum atomic E-state index is 12.3. The van der Waals surface area contributed by atoms with E-state index in [1.807, 2.05) is 26.0 Å². The molecule has 5 heteroatoms. The van der Waals surface area contributed by atoms with E-state index in [-0.39, 0.29) is 5.91 Å². The van der Waals surface area contributed by atoms with Crippen LogP contribution in [0.1, 0.15) is 23.1 Å². The molecule has 3 rings (SSSR count). The minimum Gasteiger partial charge on any atom is -0.325 e. The summed E-state index contributed by atoms with van der Waals surface area (Å²) in [7, 11) is 0. The highest BCUT2D eigenvalue weighted by Crippen LogP contribution is 2.27. The number of aryl methyl sites for hydroxylation is 2. The third kappa shape index (κ3) is 5.80. The Labute approximate surface area is 167 Å². The van der Waals surface area contributed by atoms with Crippen LogP contribution in [-0.2, 0) is 11.3 Å². The van der Waals surface area contributed by atoms with Crippen molar-refractivity contribution in [2.24, 2.45) is 0 Å². The topological polar surface area (TPSA) is 35.6 Å². The smallest absolute Gasteiger partial charge is 0.225 e. The molecule has 1 saturated heterocycles. The summed E-state index contributed by atoms with van der Waals surface area (Å²) in [5, 5.41) is 3.59. The number of amides is 1. The molecule has 0 aromatic heterocycles. The van der Waals surface area contributed by atoms with Crippen molar-refractivity contribution in [2.45, 2.75) is 26.8 Å². The van der Waals surface area contributed by atoms with E-state index in [2.05, 4.69) is 45.4 Å². The molecule has 0 radical (unpaired) electrons. The second-order valence-corrected chi connectivity index (χ2v) is 7.75. The second-order valence-electron chi connectivity index (χ2n) is 7.34. The average molecular weight is 386 g/mol. The number of hydrogen-bond acceptors (Lipinski definition) is 3. The number of rotatable bonds is 6. The maximum absolute atomic E-state index is 12.3. The molecule has 0 aliphatic carbocycles. The molecule has 2 aromatic carbocycles. The lowest BCUT2D eigenvalue weighted by atomic mass is 10.1. The van der Waals surface area contributed by atoms with E-state index in [1.54, 1.807) is 0 Å². The minimum absolute atomic E-state index is 0.0237. The highest BCUT2D eigenvalue weighted by Gasteiger charge is 2.18. The van der Waals surface area contributed by atoms with Gasteiger partial charge in [-0.15, -0.1) is 0 Å². The van der Waals surface area contributed by atoms with E-state index in [9.17, 15) is 4.79 Å². The van der Waals surface area contributed by atoms with Gasteiger partial charge in [-0.3, -0.25) is 9.69 Å². The molecule has 1 aliphatic rings. The van der Waals surface area contributed by atoms with Crippen LogP contribution in [0.5, 0.6) is 0 Å². The zero-order valence-corrected chi connectivity index (χ0v) is 16.9. The van der Waals surface area contributed by atoms with Gasteiger partial charge in [-0.1, -0.05) is 48.0 Å². The van der Waals surface area contributed by atoms with Gasteiger partial charge in [0.15, 0.2) is 0 Å². The standard InChI is InChI=1S/C22H28ClN3O/c1-17-14-18(2)22(20(23)15-17)24-21(27)8-9-25-10-12-26(13-11-25)16-19-6-4-3-5-7-19/h3-7,14-15H,8-13,16H2,1-2H3,(H,24,27). The molecule has 0 atom stereocenters. The highest BCUT2D eigenvalue weighted by atomic mass is 35.5. The Hall–Kier alpha value is -1.88. The SMILES string of the molecule is Cc1cc(C)c(NC(=O)CCN2CCN(Cc3ccccc3)CC2)c(Cl)c1. The van der Waals surface area contributed by atoms with Crippen LogP contribution in [0.15, 0.2) is 42.5 Å². The summed E-state index contributed by atoms with van der Waals surface area (Å²) < 4.78 is 0. The quantitative estimate of drug-likeness (QED) is 0.813. The predicted octanol–water partition coefficient (Wildman–Crippen LogP) is 4.10. The number of carbonyl (C=O) groups is 1. The fourth-order valence-corrected chi connectivity index (χ4v) is 3.92. The van der Waals surface area contributed by atoms with Crippen molar-refractivity contribution in [3.05, 3.63) is 64.2 Å². The van der Waals surface area contributed by atoms with Crippen LogP contribution in [0.25, 0.3) is 0 Å². The van der Waals surface area contributed by atoms with Crippen LogP contribution in [0, 0.1) is 13.8 Å². The number of halogens is 1. The molecule has 1 amide bonds. The van der Waals surface area contributed by atoms with Crippen molar-refractivity contribution in [1.29, 1.82) is 0 Å². The normalized spacial score (nSPS) is 15.7. The molecule has 4 nitrogen and oxygen atoms in total. The largest absolute Gasteiger partial charge is 0.325 e. The lowest BCUT2D eigenvalue weighted by molar-refractivity contribution is -0.116. The number of hydrogen-bond donors (Lipinski definition) is 1. The number of anilines is 1. The molecule has 1 heterocycles. The van der Waals surface area contributed by atoms with Crippen molar-refractivity contribution in [3.8, 4) is 0 Å². The number of piperazine rings is 1. The van der Waals surface area contributed by atoms with Crippen molar-refractivity contribution >= 4 is 23.2 Å². The summed E-state index contributed by atoms with van der Waals surface area (Å²) in [6.45, 7) is 9.85. The minimum atomic E-state index is 0.0237. The molecule has 0 spiro atoms. The summed E-state index contributed by atoms with van der Waals surface area (Å²) >= 11 is 6.28. The van der Waals surface area contributed by atoms with E-state index in [4.69, 9.17) is 11.6 Å². The number of benzene rings is 2. The van der Waals surface area contributed by atoms with E-state index >= 15 is 0 Å². The van der Waals surface area contributed by atoms with E-state index in [1.165, 1.54) is 5.56 Å². The van der Waals surface area contributed by atoms with Gasteiger partial charge < -0.3 is 10.2 Å². The molecule has 1 fully saturated rings. The summed E-state index contributed by atoms with van der Waals surface area (Å²) in [5.74, 6) is 0.0237. The van der Waals surface area contributed by atoms with Gasteiger partial charge in [0, 0.05) is 45.7 Å². The van der Waals surface area contributed by atoms with Crippen molar-refractivity contribution in [3.63, 3.8) is 0 Å². The van der Waals surface area contributed by atoms with Crippen LogP contribution >= 0.6 is 11.6 Å². The first-order valence-electron chi connectivity index (χ1n) is 9.56. The summed E-state index contributed by atoms with van der Waals surface area (Å²) in [6, 6.07) is 14.5. The highest BCUT2D eigenvalue weighted by molar-refractivity contribution is 6.34. The fraction of sp³-hybridized carbons (Fsp3) is 0.409. The van der Waals surface area contributed by atoms with Gasteiger partial charge in [-0.25, -0.2) is 0 Å². The van der Waals surface area contributed by atoms with Gasteiger partial charge in [-0.05, 0) is 36.6 Å². The Morgan fingerprint density at radius 3 is 2.37 bits per heavy atom. The van der Waals surface area contributed by atoms with Gasteiger partial charge in [0.25, 0.3) is 0 Å². The van der Waals surface area contributed by atoms with Gasteiger partial charge >= 0.3 is 0 Å². The Morgan fingerprint density at radius 1 is 1.04 bits per heavy atom. The lowest BCUT2D eigenvalue weighted by Crippen LogP contribution is -2.46. The van der Waals surface area contributed by atoms with Crippen molar-refractivity contribution in [2.75, 3.05) is 38.0 Å². The Kier molecular flexibility index (Phi) is 6.89. The lowest BCUT2D eigenvalue weighted by Gasteiger charge is -2.34. The van der Waals surface area contributed by atoms with Gasteiger partial charge in [0.05, 0.1) is 10.7 Å². The maximum Gasteiger partial charge on any atom is 0.225 e. The van der Waals surface area contributed by atoms with Crippen LogP contribution in [0.2, 0.25) is 5.02 Å². The van der Waals surface area contributed by atoms with Crippen molar-refractivity contribution in [1.82, 2.24) is 9.80 Å². The molecular weight excluding hydrogens is 358 g/mol. The average Bonchev–Trinajstić information content (AvgIpc) is 2.65. The molecule has 0 saturated carbocycles. The Bertz CT molecular complexity index is 747. The molecule has 2 aromatic rings. The summed E-state index contributed by atoms with van der Waals surface area (Å²) in [4.78, 5) is 17.2. The van der Waals surface area contributed by atoms with Gasteiger partial charge in [0.2, 0.25) is 5.91 Å². The Morgan fingerprint density at radius 2 is 1.70 bits per heavy atom. The Balaban J connectivity index is 1.42. The molecule has 1 N–H and O–H groups in total. The predicted molar refractivity (Wildman–Crippen MR) is 112 cm³/mol. The van der Waals surface area contributed by atoms with Gasteiger partial charge in [-0.2, -0.15) is 0 Å². The van der Waals surface area contributed by atoms with Crippen LogP contribution in [0.3, 0.4) is 0 Å². The monoisotopic (exact) mass is 385 g/mol. The number of nitrogens with zero attached hydrogens (tertiary/aromatic N) is 2. The zero-order chi connectivity index (χ0) is 19.2. The van der Waals surface area contributed by atoms with E-state index in [0.29, 0.717) is 11.4 Å². The molecule has 0 bridgehead atoms. The summed E-state index contributed by atoms with van der Waals surface area (Å²) in [6.07, 6.45) is 0.488. The first kappa shape index (κ1) is 19.9. The first-order valence-corrected chi connectivity index (χ1v) is 9.94. The van der Waals surface area contributed by atoms with E-state index < -0.39 is 0 Å². The van der Waals surface area contributed by atoms with Crippen molar-refractivity contribution < 1.29 is 4.79 Å². The molecule has 27 heavy (non-hydrogen) atoms.